The Bertz CT molecular complexity index is 222. The Kier molecular flexibility index (Phi) is 4.51. The molecule has 0 unspecified atom stereocenters. The van der Waals surface area contributed by atoms with Gasteiger partial charge < -0.3 is 5.73 Å². The second-order valence-electron chi connectivity index (χ2n) is 2.47. The number of halogens is 1. The SMILES string of the molecule is NCCSCc1ccc(Cl)cc1. The Labute approximate surface area is 82.3 Å². The van der Waals surface area contributed by atoms with E-state index in [1.807, 2.05) is 36.0 Å². The lowest BCUT2D eigenvalue weighted by atomic mass is 10.2. The molecule has 0 aromatic heterocycles. The van der Waals surface area contributed by atoms with Crippen LogP contribution in [-0.2, 0) is 5.75 Å². The molecular weight excluding hydrogens is 190 g/mol. The van der Waals surface area contributed by atoms with Gasteiger partial charge in [-0.05, 0) is 17.7 Å². The summed E-state index contributed by atoms with van der Waals surface area (Å²) in [5.41, 5.74) is 6.68. The van der Waals surface area contributed by atoms with Crippen LogP contribution in [0.5, 0.6) is 0 Å². The normalized spacial score (nSPS) is 10.2. The highest BCUT2D eigenvalue weighted by molar-refractivity contribution is 7.98. The molecule has 0 heterocycles. The number of hydrogen-bond acceptors (Lipinski definition) is 2. The fourth-order valence-corrected chi connectivity index (χ4v) is 1.72. The molecule has 1 aromatic carbocycles. The van der Waals surface area contributed by atoms with E-state index in [1.165, 1.54) is 5.56 Å². The molecule has 0 aliphatic heterocycles. The molecule has 2 N–H and O–H groups in total. The Morgan fingerprint density at radius 2 is 1.92 bits per heavy atom. The van der Waals surface area contributed by atoms with Gasteiger partial charge in [-0.2, -0.15) is 11.8 Å². The van der Waals surface area contributed by atoms with E-state index in [1.54, 1.807) is 0 Å². The van der Waals surface area contributed by atoms with Gasteiger partial charge in [-0.25, -0.2) is 0 Å². The topological polar surface area (TPSA) is 26.0 Å². The van der Waals surface area contributed by atoms with Gasteiger partial charge in [0, 0.05) is 23.1 Å². The summed E-state index contributed by atoms with van der Waals surface area (Å²) in [6, 6.07) is 7.93. The van der Waals surface area contributed by atoms with E-state index in [-0.39, 0.29) is 0 Å². The van der Waals surface area contributed by atoms with Crippen molar-refractivity contribution in [3.05, 3.63) is 34.9 Å². The monoisotopic (exact) mass is 201 g/mol. The summed E-state index contributed by atoms with van der Waals surface area (Å²) in [6.45, 7) is 0.748. The minimum atomic E-state index is 0.748. The number of benzene rings is 1. The second-order valence-corrected chi connectivity index (χ2v) is 4.01. The van der Waals surface area contributed by atoms with Crippen LogP contribution in [0.4, 0.5) is 0 Å². The predicted octanol–water partition coefficient (Wildman–Crippen LogP) is 2.53. The first-order valence-electron chi connectivity index (χ1n) is 3.85. The number of hydrogen-bond donors (Lipinski definition) is 1. The standard InChI is InChI=1S/C9H12ClNS/c10-9-3-1-8(2-4-9)7-12-6-5-11/h1-4H,5-7,11H2. The zero-order valence-corrected chi connectivity index (χ0v) is 8.37. The van der Waals surface area contributed by atoms with Crippen molar-refractivity contribution in [2.24, 2.45) is 5.73 Å². The molecule has 12 heavy (non-hydrogen) atoms. The van der Waals surface area contributed by atoms with Crippen LogP contribution in [0.1, 0.15) is 5.56 Å². The van der Waals surface area contributed by atoms with E-state index in [2.05, 4.69) is 0 Å². The Hall–Kier alpha value is -0.180. The zero-order valence-electron chi connectivity index (χ0n) is 6.79. The van der Waals surface area contributed by atoms with Gasteiger partial charge in [-0.3, -0.25) is 0 Å². The molecule has 1 rings (SSSR count). The summed E-state index contributed by atoms with van der Waals surface area (Å²) in [7, 11) is 0. The first kappa shape index (κ1) is 9.90. The minimum Gasteiger partial charge on any atom is -0.330 e. The summed E-state index contributed by atoms with van der Waals surface area (Å²) in [4.78, 5) is 0. The van der Waals surface area contributed by atoms with E-state index in [4.69, 9.17) is 17.3 Å². The van der Waals surface area contributed by atoms with E-state index in [9.17, 15) is 0 Å². The van der Waals surface area contributed by atoms with Crippen LogP contribution < -0.4 is 5.73 Å². The Balaban J connectivity index is 2.37. The highest BCUT2D eigenvalue weighted by Crippen LogP contribution is 2.14. The van der Waals surface area contributed by atoms with Crippen LogP contribution in [0.25, 0.3) is 0 Å². The van der Waals surface area contributed by atoms with Crippen molar-refractivity contribution >= 4 is 23.4 Å². The summed E-state index contributed by atoms with van der Waals surface area (Å²) >= 11 is 7.59. The highest BCUT2D eigenvalue weighted by Gasteiger charge is 1.92. The van der Waals surface area contributed by atoms with Crippen molar-refractivity contribution in [1.29, 1.82) is 0 Å². The van der Waals surface area contributed by atoms with Gasteiger partial charge >= 0.3 is 0 Å². The van der Waals surface area contributed by atoms with Crippen molar-refractivity contribution in [3.63, 3.8) is 0 Å². The first-order chi connectivity index (χ1) is 5.83. The highest BCUT2D eigenvalue weighted by atomic mass is 35.5. The number of rotatable bonds is 4. The molecule has 0 spiro atoms. The molecule has 0 atom stereocenters. The molecule has 0 saturated heterocycles. The molecule has 0 amide bonds. The molecule has 1 aromatic rings. The lowest BCUT2D eigenvalue weighted by Crippen LogP contribution is -2.01. The summed E-state index contributed by atoms with van der Waals surface area (Å²) in [6.07, 6.45) is 0. The van der Waals surface area contributed by atoms with Gasteiger partial charge in [0.05, 0.1) is 0 Å². The Morgan fingerprint density at radius 1 is 1.25 bits per heavy atom. The van der Waals surface area contributed by atoms with Crippen LogP contribution in [0.3, 0.4) is 0 Å². The molecule has 3 heteroatoms. The third-order valence-electron chi connectivity index (χ3n) is 1.44. The molecule has 0 radical (unpaired) electrons. The molecule has 0 fully saturated rings. The molecule has 0 aliphatic carbocycles. The van der Waals surface area contributed by atoms with Gasteiger partial charge in [0.1, 0.15) is 0 Å². The van der Waals surface area contributed by atoms with Crippen molar-refractivity contribution < 1.29 is 0 Å². The molecule has 0 saturated carbocycles. The minimum absolute atomic E-state index is 0.748. The third-order valence-corrected chi connectivity index (χ3v) is 2.76. The fourth-order valence-electron chi connectivity index (χ4n) is 0.854. The van der Waals surface area contributed by atoms with Crippen molar-refractivity contribution in [2.75, 3.05) is 12.3 Å². The van der Waals surface area contributed by atoms with Gasteiger partial charge in [-0.15, -0.1) is 0 Å². The van der Waals surface area contributed by atoms with Crippen LogP contribution in [0.15, 0.2) is 24.3 Å². The largest absolute Gasteiger partial charge is 0.330 e. The number of thioether (sulfide) groups is 1. The molecule has 66 valence electrons. The molecule has 0 aliphatic rings. The lowest BCUT2D eigenvalue weighted by Gasteiger charge is -1.99. The van der Waals surface area contributed by atoms with E-state index >= 15 is 0 Å². The molecule has 0 bridgehead atoms. The van der Waals surface area contributed by atoms with E-state index < -0.39 is 0 Å². The smallest absolute Gasteiger partial charge is 0.0406 e. The maximum atomic E-state index is 5.75. The van der Waals surface area contributed by atoms with Crippen molar-refractivity contribution in [3.8, 4) is 0 Å². The maximum Gasteiger partial charge on any atom is 0.0406 e. The zero-order chi connectivity index (χ0) is 8.81. The second kappa shape index (κ2) is 5.46. The summed E-state index contributed by atoms with van der Waals surface area (Å²) in [5.74, 6) is 2.04. The van der Waals surface area contributed by atoms with Crippen molar-refractivity contribution in [2.45, 2.75) is 5.75 Å². The van der Waals surface area contributed by atoms with Crippen LogP contribution >= 0.6 is 23.4 Å². The number of nitrogens with two attached hydrogens (primary N) is 1. The summed E-state index contributed by atoms with van der Waals surface area (Å²) < 4.78 is 0. The van der Waals surface area contributed by atoms with Gasteiger partial charge in [0.15, 0.2) is 0 Å². The Morgan fingerprint density at radius 3 is 2.50 bits per heavy atom. The van der Waals surface area contributed by atoms with Gasteiger partial charge in [0.2, 0.25) is 0 Å². The molecular formula is C9H12ClNS. The fraction of sp³-hybridized carbons (Fsp3) is 0.333. The summed E-state index contributed by atoms with van der Waals surface area (Å²) in [5, 5.41) is 0.794. The van der Waals surface area contributed by atoms with Gasteiger partial charge in [-0.1, -0.05) is 23.7 Å². The maximum absolute atomic E-state index is 5.75. The van der Waals surface area contributed by atoms with Crippen molar-refractivity contribution in [1.82, 2.24) is 0 Å². The van der Waals surface area contributed by atoms with Gasteiger partial charge in [0.25, 0.3) is 0 Å². The quantitative estimate of drug-likeness (QED) is 0.758. The predicted molar refractivity (Wildman–Crippen MR) is 56.7 cm³/mol. The van der Waals surface area contributed by atoms with Crippen LogP contribution in [0, 0.1) is 0 Å². The first-order valence-corrected chi connectivity index (χ1v) is 5.38. The van der Waals surface area contributed by atoms with Crippen LogP contribution in [-0.4, -0.2) is 12.3 Å². The van der Waals surface area contributed by atoms with Crippen LogP contribution in [0.2, 0.25) is 5.02 Å². The average molecular weight is 202 g/mol. The van der Waals surface area contributed by atoms with E-state index in [0.717, 1.165) is 23.1 Å². The molecule has 1 nitrogen and oxygen atoms in total. The third kappa shape index (κ3) is 3.48. The van der Waals surface area contributed by atoms with E-state index in [0.29, 0.717) is 0 Å². The average Bonchev–Trinajstić information content (AvgIpc) is 2.09. The lowest BCUT2D eigenvalue weighted by molar-refractivity contribution is 1.15.